The maximum Gasteiger partial charge on any atom is 1.00 e. The van der Waals surface area contributed by atoms with Crippen LogP contribution < -0.4 is 18.9 Å². The van der Waals surface area contributed by atoms with Gasteiger partial charge in [-0.1, -0.05) is 24.8 Å². The molecule has 0 nitrogen and oxygen atoms in total. The van der Waals surface area contributed by atoms with Crippen LogP contribution in [0.5, 0.6) is 0 Å². The Kier molecular flexibility index (Phi) is 3.48. The number of allylic oxidation sites excluding steroid dienone is 2. The molecule has 0 aromatic heterocycles. The fourth-order valence-corrected chi connectivity index (χ4v) is 3.13. The average molecular weight is 146 g/mol. The molecule has 52 valence electrons. The Balaban J connectivity index is 0.000000810. The first-order chi connectivity index (χ1) is 4.05. The van der Waals surface area contributed by atoms with Gasteiger partial charge >= 0.3 is 18.9 Å². The van der Waals surface area contributed by atoms with Crippen molar-refractivity contribution in [3.63, 3.8) is 0 Å². The Morgan fingerprint density at radius 1 is 1.40 bits per heavy atom. The van der Waals surface area contributed by atoms with E-state index in [1.807, 2.05) is 0 Å². The summed E-state index contributed by atoms with van der Waals surface area (Å²) in [5.74, 6) is 0. The fraction of sp³-hybridized carbons (Fsp3) is 0.625. The van der Waals surface area contributed by atoms with E-state index >= 15 is 0 Å². The molecular weight excluding hydrogens is 131 g/mol. The van der Waals surface area contributed by atoms with Gasteiger partial charge in [0.15, 0.2) is 0 Å². The molecule has 0 fully saturated rings. The van der Waals surface area contributed by atoms with Crippen molar-refractivity contribution >= 4 is 8.07 Å². The van der Waals surface area contributed by atoms with Gasteiger partial charge in [0.25, 0.3) is 0 Å². The van der Waals surface area contributed by atoms with Gasteiger partial charge < -0.3 is 6.92 Å². The molecule has 0 atom stereocenters. The first-order valence-electron chi connectivity index (χ1n) is 3.56. The molecule has 0 radical (unpaired) electrons. The quantitative estimate of drug-likeness (QED) is 0.373. The Bertz CT molecular complexity index is 153. The van der Waals surface area contributed by atoms with Crippen LogP contribution >= 0.6 is 0 Å². The molecule has 0 saturated heterocycles. The van der Waals surface area contributed by atoms with Crippen LogP contribution in [0.2, 0.25) is 19.6 Å². The van der Waals surface area contributed by atoms with Crippen LogP contribution in [0.25, 0.3) is 0 Å². The van der Waals surface area contributed by atoms with Crippen molar-refractivity contribution in [1.82, 2.24) is 0 Å². The molecule has 0 amide bonds. The Labute approximate surface area is 77.3 Å². The summed E-state index contributed by atoms with van der Waals surface area (Å²) in [5, 5.41) is 1.78. The third-order valence-electron chi connectivity index (χ3n) is 1.90. The number of hydrogen-bond acceptors (Lipinski definition) is 0. The summed E-state index contributed by atoms with van der Waals surface area (Å²) in [7, 11) is -0.868. The second kappa shape index (κ2) is 3.30. The molecule has 0 heterocycles. The van der Waals surface area contributed by atoms with Crippen LogP contribution in [0.1, 0.15) is 12.8 Å². The van der Waals surface area contributed by atoms with Crippen LogP contribution in [0.3, 0.4) is 0 Å². The Morgan fingerprint density at radius 3 is 2.00 bits per heavy atom. The van der Waals surface area contributed by atoms with Gasteiger partial charge in [-0.3, -0.25) is 0 Å². The predicted molar refractivity (Wildman–Crippen MR) is 45.0 cm³/mol. The van der Waals surface area contributed by atoms with E-state index in [-0.39, 0.29) is 18.9 Å². The molecule has 0 bridgehead atoms. The molecule has 0 unspecified atom stereocenters. The zero-order valence-electron chi connectivity index (χ0n) is 7.62. The number of hydrogen-bond donors (Lipinski definition) is 0. The summed E-state index contributed by atoms with van der Waals surface area (Å²) in [5.41, 5.74) is 1.65. The monoisotopic (exact) mass is 146 g/mol. The maximum absolute atomic E-state index is 3.88. The van der Waals surface area contributed by atoms with Gasteiger partial charge in [0.05, 0.1) is 8.07 Å². The third-order valence-corrected chi connectivity index (χ3v) is 4.24. The largest absolute Gasteiger partial charge is 1.00 e. The SMILES string of the molecule is [CH2-]CC1=C([Si](C)(C)C)C1.[Li+]. The van der Waals surface area contributed by atoms with Crippen molar-refractivity contribution < 1.29 is 18.9 Å². The van der Waals surface area contributed by atoms with E-state index in [4.69, 9.17) is 0 Å². The van der Waals surface area contributed by atoms with Crippen molar-refractivity contribution in [3.8, 4) is 0 Å². The van der Waals surface area contributed by atoms with E-state index in [0.717, 1.165) is 6.42 Å². The summed E-state index contributed by atoms with van der Waals surface area (Å²) in [4.78, 5) is 0. The molecule has 0 aromatic carbocycles. The van der Waals surface area contributed by atoms with E-state index in [0.29, 0.717) is 0 Å². The van der Waals surface area contributed by atoms with Crippen LogP contribution in [0.15, 0.2) is 10.8 Å². The summed E-state index contributed by atoms with van der Waals surface area (Å²) in [6.45, 7) is 11.1. The molecule has 0 saturated carbocycles. The van der Waals surface area contributed by atoms with E-state index < -0.39 is 8.07 Å². The van der Waals surface area contributed by atoms with Gasteiger partial charge in [0, 0.05) is 0 Å². The second-order valence-electron chi connectivity index (χ2n) is 3.76. The molecule has 0 aliphatic heterocycles. The van der Waals surface area contributed by atoms with Gasteiger partial charge in [0.2, 0.25) is 0 Å². The minimum Gasteiger partial charge on any atom is -0.339 e. The maximum atomic E-state index is 3.88. The predicted octanol–water partition coefficient (Wildman–Crippen LogP) is -0.208. The van der Waals surface area contributed by atoms with Crippen LogP contribution in [0, 0.1) is 6.92 Å². The van der Waals surface area contributed by atoms with Crippen LogP contribution in [-0.2, 0) is 0 Å². The van der Waals surface area contributed by atoms with E-state index in [2.05, 4.69) is 26.6 Å². The smallest absolute Gasteiger partial charge is 0.339 e. The Morgan fingerprint density at radius 2 is 1.90 bits per heavy atom. The molecule has 0 aromatic rings. The zero-order chi connectivity index (χ0) is 7.07. The van der Waals surface area contributed by atoms with Gasteiger partial charge in [-0.15, -0.1) is 5.57 Å². The van der Waals surface area contributed by atoms with Crippen molar-refractivity contribution in [3.05, 3.63) is 17.7 Å². The zero-order valence-corrected chi connectivity index (χ0v) is 8.62. The first-order valence-corrected chi connectivity index (χ1v) is 7.06. The molecule has 10 heavy (non-hydrogen) atoms. The molecule has 2 heteroatoms. The van der Waals surface area contributed by atoms with E-state index in [9.17, 15) is 0 Å². The van der Waals surface area contributed by atoms with Crippen molar-refractivity contribution in [2.24, 2.45) is 0 Å². The summed E-state index contributed by atoms with van der Waals surface area (Å²) in [6.07, 6.45) is 2.37. The summed E-state index contributed by atoms with van der Waals surface area (Å²) >= 11 is 0. The number of rotatable bonds is 2. The van der Waals surface area contributed by atoms with Crippen LogP contribution in [0.4, 0.5) is 0 Å². The van der Waals surface area contributed by atoms with E-state index in [1.54, 1.807) is 10.8 Å². The van der Waals surface area contributed by atoms with Crippen molar-refractivity contribution in [2.45, 2.75) is 32.5 Å². The Hall–Kier alpha value is 0.554. The minimum absolute atomic E-state index is 0. The van der Waals surface area contributed by atoms with Gasteiger partial charge in [-0.05, 0) is 6.42 Å². The van der Waals surface area contributed by atoms with Gasteiger partial charge in [0.1, 0.15) is 0 Å². The molecule has 0 N–H and O–H groups in total. The summed E-state index contributed by atoms with van der Waals surface area (Å²) in [6, 6.07) is 0. The minimum atomic E-state index is -0.868. The molecular formula is C8H15LiSi. The normalized spacial score (nSPS) is 16.8. The molecule has 1 aliphatic carbocycles. The van der Waals surface area contributed by atoms with Crippen molar-refractivity contribution in [1.29, 1.82) is 0 Å². The van der Waals surface area contributed by atoms with Gasteiger partial charge in [-0.2, -0.15) is 6.42 Å². The van der Waals surface area contributed by atoms with Crippen molar-refractivity contribution in [2.75, 3.05) is 0 Å². The summed E-state index contributed by atoms with van der Waals surface area (Å²) < 4.78 is 0. The molecule has 1 aliphatic rings. The van der Waals surface area contributed by atoms with Crippen LogP contribution in [-0.4, -0.2) is 8.07 Å². The van der Waals surface area contributed by atoms with E-state index in [1.165, 1.54) is 6.42 Å². The van der Waals surface area contributed by atoms with Gasteiger partial charge in [-0.25, -0.2) is 0 Å². The molecule has 0 spiro atoms. The third kappa shape index (κ3) is 2.30. The standard InChI is InChI=1S/C8H15Si.Li/c1-5-7-6-8(7)9(2,3)4;/h1,5-6H2,2-4H3;/q-1;+1. The topological polar surface area (TPSA) is 0 Å². The fourth-order valence-electron chi connectivity index (χ4n) is 1.20. The molecule has 1 rings (SSSR count). The first kappa shape index (κ1) is 10.6. The second-order valence-corrected chi connectivity index (χ2v) is 8.86. The average Bonchev–Trinajstić information content (AvgIpc) is 2.39.